The van der Waals surface area contributed by atoms with Crippen molar-refractivity contribution in [2.75, 3.05) is 5.32 Å². The van der Waals surface area contributed by atoms with E-state index in [1.165, 1.54) is 0 Å². The van der Waals surface area contributed by atoms with Crippen LogP contribution in [0, 0.1) is 13.8 Å². The molecule has 0 saturated carbocycles. The van der Waals surface area contributed by atoms with Crippen LogP contribution in [0.2, 0.25) is 0 Å². The second-order valence-electron chi connectivity index (χ2n) is 4.77. The summed E-state index contributed by atoms with van der Waals surface area (Å²) in [5.41, 5.74) is 4.10. The molecule has 18 heavy (non-hydrogen) atoms. The van der Waals surface area contributed by atoms with E-state index in [0.29, 0.717) is 5.75 Å². The highest BCUT2D eigenvalue weighted by Crippen LogP contribution is 2.27. The average molecular weight is 245 g/mol. The molecule has 4 heteroatoms. The number of anilines is 1. The van der Waals surface area contributed by atoms with E-state index in [1.807, 2.05) is 39.4 Å². The van der Waals surface area contributed by atoms with Gasteiger partial charge in [-0.05, 0) is 44.0 Å². The van der Waals surface area contributed by atoms with Gasteiger partial charge in [0.15, 0.2) is 0 Å². The number of rotatable bonds is 3. The van der Waals surface area contributed by atoms with Gasteiger partial charge in [0.05, 0.1) is 12.2 Å². The zero-order valence-corrected chi connectivity index (χ0v) is 11.2. The molecule has 2 N–H and O–H groups in total. The summed E-state index contributed by atoms with van der Waals surface area (Å²) in [7, 11) is 1.91. The van der Waals surface area contributed by atoms with Crippen molar-refractivity contribution >= 4 is 5.69 Å². The van der Waals surface area contributed by atoms with Crippen molar-refractivity contribution in [1.82, 2.24) is 9.78 Å². The molecule has 96 valence electrons. The quantitative estimate of drug-likeness (QED) is 0.817. The lowest BCUT2D eigenvalue weighted by Crippen LogP contribution is -2.07. The molecule has 0 spiro atoms. The van der Waals surface area contributed by atoms with E-state index in [2.05, 4.69) is 17.3 Å². The Morgan fingerprint density at radius 2 is 2.00 bits per heavy atom. The zero-order chi connectivity index (χ0) is 13.3. The van der Waals surface area contributed by atoms with Crippen LogP contribution in [-0.4, -0.2) is 14.9 Å². The molecule has 1 aromatic heterocycles. The zero-order valence-electron chi connectivity index (χ0n) is 11.2. The molecule has 2 rings (SSSR count). The number of aromatic nitrogens is 2. The molecule has 0 saturated heterocycles. The van der Waals surface area contributed by atoms with E-state index in [9.17, 15) is 5.11 Å². The largest absolute Gasteiger partial charge is 0.508 e. The summed E-state index contributed by atoms with van der Waals surface area (Å²) < 4.78 is 1.79. The van der Waals surface area contributed by atoms with Crippen LogP contribution in [0.4, 0.5) is 5.69 Å². The van der Waals surface area contributed by atoms with Gasteiger partial charge >= 0.3 is 0 Å². The highest BCUT2D eigenvalue weighted by Gasteiger charge is 2.10. The van der Waals surface area contributed by atoms with Crippen molar-refractivity contribution in [2.45, 2.75) is 26.8 Å². The predicted octanol–water partition coefficient (Wildman–Crippen LogP) is 2.92. The number of aromatic hydroxyl groups is 1. The molecule has 0 aliphatic heterocycles. The fourth-order valence-corrected chi connectivity index (χ4v) is 1.94. The van der Waals surface area contributed by atoms with Crippen LogP contribution in [-0.2, 0) is 7.05 Å². The Bertz CT molecular complexity index is 560. The summed E-state index contributed by atoms with van der Waals surface area (Å²) >= 11 is 0. The van der Waals surface area contributed by atoms with Gasteiger partial charge in [-0.25, -0.2) is 0 Å². The van der Waals surface area contributed by atoms with E-state index in [4.69, 9.17) is 0 Å². The van der Waals surface area contributed by atoms with Crippen LogP contribution in [0.3, 0.4) is 0 Å². The smallest absolute Gasteiger partial charge is 0.118 e. The molecule has 4 nitrogen and oxygen atoms in total. The molecule has 0 amide bonds. The SMILES string of the molecule is Cc1cc(NC(C)c2cnn(C)c2)c(C)cc1O. The number of phenolic OH excluding ortho intramolecular Hbond substituents is 1. The van der Waals surface area contributed by atoms with Gasteiger partial charge in [-0.1, -0.05) is 0 Å². The molecule has 2 aromatic rings. The van der Waals surface area contributed by atoms with Crippen LogP contribution >= 0.6 is 0 Å². The van der Waals surface area contributed by atoms with Gasteiger partial charge in [0.25, 0.3) is 0 Å². The molecule has 0 aliphatic carbocycles. The van der Waals surface area contributed by atoms with E-state index in [-0.39, 0.29) is 6.04 Å². The fourth-order valence-electron chi connectivity index (χ4n) is 1.94. The number of aryl methyl sites for hydroxylation is 3. The Morgan fingerprint density at radius 1 is 1.28 bits per heavy atom. The topological polar surface area (TPSA) is 50.1 Å². The standard InChI is InChI=1S/C14H19N3O/c1-9-6-14(18)10(2)5-13(9)16-11(3)12-7-15-17(4)8-12/h5-8,11,16,18H,1-4H3. The van der Waals surface area contributed by atoms with E-state index < -0.39 is 0 Å². The van der Waals surface area contributed by atoms with Crippen molar-refractivity contribution in [1.29, 1.82) is 0 Å². The van der Waals surface area contributed by atoms with E-state index >= 15 is 0 Å². The van der Waals surface area contributed by atoms with Gasteiger partial charge in [-0.15, -0.1) is 0 Å². The summed E-state index contributed by atoms with van der Waals surface area (Å²) in [4.78, 5) is 0. The second kappa shape index (κ2) is 4.72. The highest BCUT2D eigenvalue weighted by molar-refractivity contribution is 5.57. The van der Waals surface area contributed by atoms with Gasteiger partial charge in [-0.2, -0.15) is 5.10 Å². The predicted molar refractivity (Wildman–Crippen MR) is 72.8 cm³/mol. The molecule has 0 bridgehead atoms. The Kier molecular flexibility index (Phi) is 3.28. The third-order valence-corrected chi connectivity index (χ3v) is 3.14. The Morgan fingerprint density at radius 3 is 2.61 bits per heavy atom. The first kappa shape index (κ1) is 12.5. The highest BCUT2D eigenvalue weighted by atomic mass is 16.3. The molecular formula is C14H19N3O. The van der Waals surface area contributed by atoms with Gasteiger partial charge in [0.1, 0.15) is 5.75 Å². The summed E-state index contributed by atoms with van der Waals surface area (Å²) in [5.74, 6) is 0.340. The Labute approximate surface area is 107 Å². The molecule has 1 atom stereocenters. The Hall–Kier alpha value is -1.97. The molecule has 0 radical (unpaired) electrons. The lowest BCUT2D eigenvalue weighted by molar-refractivity contribution is 0.470. The van der Waals surface area contributed by atoms with Crippen molar-refractivity contribution in [2.24, 2.45) is 7.05 Å². The molecular weight excluding hydrogens is 226 g/mol. The number of benzene rings is 1. The third-order valence-electron chi connectivity index (χ3n) is 3.14. The third kappa shape index (κ3) is 2.47. The summed E-state index contributed by atoms with van der Waals surface area (Å²) in [6, 6.07) is 3.94. The van der Waals surface area contributed by atoms with E-state index in [1.54, 1.807) is 10.7 Å². The number of nitrogens with one attached hydrogen (secondary N) is 1. The van der Waals surface area contributed by atoms with Crippen molar-refractivity contribution in [3.8, 4) is 5.75 Å². The monoisotopic (exact) mass is 245 g/mol. The summed E-state index contributed by atoms with van der Waals surface area (Å²) in [6.45, 7) is 5.98. The minimum absolute atomic E-state index is 0.182. The number of hydrogen-bond acceptors (Lipinski definition) is 3. The van der Waals surface area contributed by atoms with Gasteiger partial charge in [0.2, 0.25) is 0 Å². The number of phenols is 1. The number of nitrogens with zero attached hydrogens (tertiary/aromatic N) is 2. The lowest BCUT2D eigenvalue weighted by atomic mass is 10.1. The first-order chi connectivity index (χ1) is 8.47. The molecule has 1 heterocycles. The van der Waals surface area contributed by atoms with Gasteiger partial charge in [0, 0.05) is 24.5 Å². The molecule has 1 unspecified atom stereocenters. The van der Waals surface area contributed by atoms with Crippen LogP contribution in [0.25, 0.3) is 0 Å². The minimum atomic E-state index is 0.182. The van der Waals surface area contributed by atoms with Crippen molar-refractivity contribution in [3.05, 3.63) is 41.2 Å². The first-order valence-electron chi connectivity index (χ1n) is 6.02. The van der Waals surface area contributed by atoms with E-state index in [0.717, 1.165) is 22.4 Å². The number of hydrogen-bond donors (Lipinski definition) is 2. The van der Waals surface area contributed by atoms with Gasteiger partial charge in [-0.3, -0.25) is 4.68 Å². The second-order valence-corrected chi connectivity index (χ2v) is 4.77. The lowest BCUT2D eigenvalue weighted by Gasteiger charge is -2.17. The maximum Gasteiger partial charge on any atom is 0.118 e. The maximum absolute atomic E-state index is 9.64. The normalized spacial score (nSPS) is 12.4. The van der Waals surface area contributed by atoms with Crippen LogP contribution in [0.5, 0.6) is 5.75 Å². The fraction of sp³-hybridized carbons (Fsp3) is 0.357. The molecule has 1 aromatic carbocycles. The average Bonchev–Trinajstić information content (AvgIpc) is 2.73. The molecule has 0 aliphatic rings. The molecule has 0 fully saturated rings. The Balaban J connectivity index is 2.21. The van der Waals surface area contributed by atoms with Crippen LogP contribution in [0.15, 0.2) is 24.5 Å². The first-order valence-corrected chi connectivity index (χ1v) is 6.02. The van der Waals surface area contributed by atoms with Crippen molar-refractivity contribution < 1.29 is 5.11 Å². The van der Waals surface area contributed by atoms with Crippen molar-refractivity contribution in [3.63, 3.8) is 0 Å². The summed E-state index contributed by atoms with van der Waals surface area (Å²) in [6.07, 6.45) is 3.86. The van der Waals surface area contributed by atoms with Gasteiger partial charge < -0.3 is 10.4 Å². The van der Waals surface area contributed by atoms with Crippen LogP contribution < -0.4 is 5.32 Å². The van der Waals surface area contributed by atoms with Crippen LogP contribution in [0.1, 0.15) is 29.7 Å². The minimum Gasteiger partial charge on any atom is -0.508 e. The summed E-state index contributed by atoms with van der Waals surface area (Å²) in [5, 5.41) is 17.3. The maximum atomic E-state index is 9.64.